The molecule has 10 heteroatoms. The topological polar surface area (TPSA) is 108 Å². The summed E-state index contributed by atoms with van der Waals surface area (Å²) in [4.78, 5) is 33.3. The number of likely N-dealkylation sites (tertiary alicyclic amines) is 2. The lowest BCUT2D eigenvalue weighted by atomic mass is 9.92. The van der Waals surface area contributed by atoms with Crippen molar-refractivity contribution in [1.29, 1.82) is 5.26 Å². The van der Waals surface area contributed by atoms with Gasteiger partial charge in [0.1, 0.15) is 12.1 Å². The van der Waals surface area contributed by atoms with Gasteiger partial charge in [-0.2, -0.15) is 5.26 Å². The Morgan fingerprint density at radius 3 is 2.49 bits per heavy atom. The molecule has 3 aliphatic rings. The van der Waals surface area contributed by atoms with Gasteiger partial charge in [0.25, 0.3) is 0 Å². The van der Waals surface area contributed by atoms with E-state index in [1.807, 2.05) is 32.2 Å². The third kappa shape index (κ3) is 7.11. The van der Waals surface area contributed by atoms with Crippen LogP contribution in [0.3, 0.4) is 0 Å². The highest BCUT2D eigenvalue weighted by molar-refractivity contribution is 5.85. The van der Waals surface area contributed by atoms with E-state index in [4.69, 9.17) is 9.47 Å². The van der Waals surface area contributed by atoms with Crippen molar-refractivity contribution < 1.29 is 19.1 Å². The van der Waals surface area contributed by atoms with Gasteiger partial charge in [0.2, 0.25) is 11.8 Å². The van der Waals surface area contributed by atoms with E-state index >= 15 is 0 Å². The molecule has 9 nitrogen and oxygen atoms in total. The highest BCUT2D eigenvalue weighted by Crippen LogP contribution is 2.29. The largest absolute Gasteiger partial charge is 0.474 e. The lowest BCUT2D eigenvalue weighted by Crippen LogP contribution is -2.50. The Morgan fingerprint density at radius 1 is 1.05 bits per heavy atom. The summed E-state index contributed by atoms with van der Waals surface area (Å²) in [6.07, 6.45) is 5.53. The zero-order valence-corrected chi connectivity index (χ0v) is 24.9. The summed E-state index contributed by atoms with van der Waals surface area (Å²) in [6, 6.07) is 12.0. The van der Waals surface area contributed by atoms with Crippen LogP contribution in [0.1, 0.15) is 57.6 Å². The zero-order valence-electron chi connectivity index (χ0n) is 24.0. The fourth-order valence-corrected chi connectivity index (χ4v) is 5.97. The smallest absolute Gasteiger partial charge is 0.410 e. The van der Waals surface area contributed by atoms with E-state index in [0.29, 0.717) is 44.4 Å². The SMILES string of the molecule is CC(C)OC(=O)N1CCC(C(C)Oc2ccc(-c3ccc4c(c3)CNC(C(=O)N3CCCC3C#N)C4)cn2)CC1.Cl. The summed E-state index contributed by atoms with van der Waals surface area (Å²) in [5, 5.41) is 12.7. The van der Waals surface area contributed by atoms with Gasteiger partial charge in [-0.25, -0.2) is 9.78 Å². The second-order valence-electron chi connectivity index (χ2n) is 11.4. The van der Waals surface area contributed by atoms with Crippen molar-refractivity contribution in [3.05, 3.63) is 47.7 Å². The van der Waals surface area contributed by atoms with Gasteiger partial charge in [-0.05, 0) is 87.6 Å². The number of carbonyl (C=O) groups excluding carboxylic acids is 2. The fourth-order valence-electron chi connectivity index (χ4n) is 5.97. The van der Waals surface area contributed by atoms with E-state index in [0.717, 1.165) is 36.8 Å². The number of fused-ring (bicyclic) bond motifs is 1. The Kier molecular flexibility index (Phi) is 10.1. The molecule has 4 heterocycles. The number of aromatic nitrogens is 1. The van der Waals surface area contributed by atoms with E-state index in [2.05, 4.69) is 41.5 Å². The zero-order chi connectivity index (χ0) is 28.2. The van der Waals surface area contributed by atoms with Gasteiger partial charge < -0.3 is 24.6 Å². The highest BCUT2D eigenvalue weighted by atomic mass is 35.5. The van der Waals surface area contributed by atoms with Crippen molar-refractivity contribution in [3.63, 3.8) is 0 Å². The van der Waals surface area contributed by atoms with E-state index in [1.54, 1.807) is 9.80 Å². The Labute approximate surface area is 248 Å². The number of ether oxygens (including phenoxy) is 2. The number of nitrogens with zero attached hydrogens (tertiary/aromatic N) is 4. The summed E-state index contributed by atoms with van der Waals surface area (Å²) in [7, 11) is 0. The Balaban J connectivity index is 0.00000387. The van der Waals surface area contributed by atoms with Crippen LogP contribution in [0.4, 0.5) is 4.79 Å². The average Bonchev–Trinajstić information content (AvgIpc) is 3.45. The van der Waals surface area contributed by atoms with E-state index < -0.39 is 0 Å². The fraction of sp³-hybridized carbons (Fsp3) is 0.548. The minimum atomic E-state index is -0.297. The van der Waals surface area contributed by atoms with Crippen LogP contribution < -0.4 is 10.1 Å². The van der Waals surface area contributed by atoms with E-state index in [9.17, 15) is 14.9 Å². The van der Waals surface area contributed by atoms with Gasteiger partial charge in [-0.1, -0.05) is 12.1 Å². The third-order valence-corrected chi connectivity index (χ3v) is 8.33. The Bertz CT molecular complexity index is 1260. The van der Waals surface area contributed by atoms with Crippen molar-refractivity contribution in [1.82, 2.24) is 20.1 Å². The number of hydrogen-bond donors (Lipinski definition) is 1. The molecule has 3 unspecified atom stereocenters. The first-order valence-electron chi connectivity index (χ1n) is 14.5. The molecule has 0 radical (unpaired) electrons. The van der Waals surface area contributed by atoms with Gasteiger partial charge in [-0.3, -0.25) is 4.79 Å². The molecule has 2 fully saturated rings. The second kappa shape index (κ2) is 13.5. The van der Waals surface area contributed by atoms with Crippen LogP contribution in [-0.4, -0.2) is 70.7 Å². The van der Waals surface area contributed by atoms with Gasteiger partial charge in [0.15, 0.2) is 0 Å². The van der Waals surface area contributed by atoms with Crippen molar-refractivity contribution in [3.8, 4) is 23.1 Å². The molecule has 41 heavy (non-hydrogen) atoms. The van der Waals surface area contributed by atoms with Crippen LogP contribution in [0, 0.1) is 17.2 Å². The quantitative estimate of drug-likeness (QED) is 0.526. The van der Waals surface area contributed by atoms with Gasteiger partial charge in [0.05, 0.1) is 18.2 Å². The number of pyridine rings is 1. The molecule has 2 saturated heterocycles. The molecule has 0 spiro atoms. The number of halogens is 1. The first-order chi connectivity index (χ1) is 19.3. The molecule has 3 atom stereocenters. The van der Waals surface area contributed by atoms with Crippen LogP contribution in [0.5, 0.6) is 5.88 Å². The summed E-state index contributed by atoms with van der Waals surface area (Å²) < 4.78 is 11.5. The number of piperidine rings is 1. The van der Waals surface area contributed by atoms with Crippen LogP contribution in [0.25, 0.3) is 11.1 Å². The highest BCUT2D eigenvalue weighted by Gasteiger charge is 2.34. The summed E-state index contributed by atoms with van der Waals surface area (Å²) in [5.41, 5.74) is 4.42. The third-order valence-electron chi connectivity index (χ3n) is 8.33. The molecule has 0 saturated carbocycles. The summed E-state index contributed by atoms with van der Waals surface area (Å²) in [5.74, 6) is 0.980. The van der Waals surface area contributed by atoms with Crippen LogP contribution in [-0.2, 0) is 22.5 Å². The maximum atomic E-state index is 13.0. The maximum absolute atomic E-state index is 13.0. The molecule has 2 aromatic rings. The number of hydrogen-bond acceptors (Lipinski definition) is 7. The number of amides is 2. The Hall–Kier alpha value is -3.35. The maximum Gasteiger partial charge on any atom is 0.410 e. The number of rotatable bonds is 6. The first kappa shape index (κ1) is 30.6. The molecule has 0 aliphatic carbocycles. The molecule has 220 valence electrons. The van der Waals surface area contributed by atoms with Crippen LogP contribution in [0.2, 0.25) is 0 Å². The van der Waals surface area contributed by atoms with Crippen LogP contribution in [0.15, 0.2) is 36.5 Å². The minimum Gasteiger partial charge on any atom is -0.474 e. The van der Waals surface area contributed by atoms with Crippen molar-refractivity contribution in [2.45, 2.75) is 83.7 Å². The number of carbonyl (C=O) groups is 2. The number of nitriles is 1. The summed E-state index contributed by atoms with van der Waals surface area (Å²) in [6.45, 7) is 8.44. The molecule has 0 bridgehead atoms. The standard InChI is InChI=1S/C31H39N5O4.ClH/c1-20(2)39-31(38)35-13-10-22(11-14-35)21(3)40-29-9-8-25(18-34-29)23-6-7-24-16-28(33-19-26(24)15-23)30(37)36-12-4-5-27(36)17-32;/h6-9,15,18,20-22,27-28,33H,4-5,10-14,16,19H2,1-3H3;1H. The Morgan fingerprint density at radius 2 is 1.80 bits per heavy atom. The van der Waals surface area contributed by atoms with E-state index in [-0.39, 0.29) is 48.7 Å². The first-order valence-corrected chi connectivity index (χ1v) is 14.5. The predicted octanol–water partition coefficient (Wildman–Crippen LogP) is 4.72. The van der Waals surface area contributed by atoms with Crippen LogP contribution >= 0.6 is 12.4 Å². The molecule has 1 N–H and O–H groups in total. The average molecular weight is 582 g/mol. The normalized spacial score (nSPS) is 21.4. The van der Waals surface area contributed by atoms with Crippen molar-refractivity contribution >= 4 is 24.4 Å². The molecule has 5 rings (SSSR count). The number of benzene rings is 1. The van der Waals surface area contributed by atoms with Gasteiger partial charge in [0, 0.05) is 44.0 Å². The number of nitrogens with one attached hydrogen (secondary N) is 1. The summed E-state index contributed by atoms with van der Waals surface area (Å²) >= 11 is 0. The molecule has 1 aromatic carbocycles. The van der Waals surface area contributed by atoms with Gasteiger partial charge >= 0.3 is 6.09 Å². The van der Waals surface area contributed by atoms with E-state index in [1.165, 1.54) is 11.1 Å². The minimum absolute atomic E-state index is 0. The molecular weight excluding hydrogens is 542 g/mol. The second-order valence-corrected chi connectivity index (χ2v) is 11.4. The van der Waals surface area contributed by atoms with Gasteiger partial charge in [-0.15, -0.1) is 12.4 Å². The van der Waals surface area contributed by atoms with Crippen molar-refractivity contribution in [2.75, 3.05) is 19.6 Å². The molecule has 1 aromatic heterocycles. The molecular formula is C31H40ClN5O4. The lowest BCUT2D eigenvalue weighted by Gasteiger charge is -2.34. The molecule has 2 amide bonds. The monoisotopic (exact) mass is 581 g/mol. The lowest BCUT2D eigenvalue weighted by molar-refractivity contribution is -0.133. The van der Waals surface area contributed by atoms with Crippen molar-refractivity contribution in [2.24, 2.45) is 5.92 Å². The predicted molar refractivity (Wildman–Crippen MR) is 158 cm³/mol. The molecule has 3 aliphatic heterocycles.